The van der Waals surface area contributed by atoms with E-state index in [1.165, 1.54) is 14.3 Å². The summed E-state index contributed by atoms with van der Waals surface area (Å²) in [6.45, 7) is 0. The van der Waals surface area contributed by atoms with Crippen LogP contribution in [0.1, 0.15) is 0 Å². The molecule has 0 aliphatic carbocycles. The minimum atomic E-state index is 1.17. The van der Waals surface area contributed by atoms with Crippen LogP contribution in [0.5, 0.6) is 0 Å². The van der Waals surface area contributed by atoms with Crippen LogP contribution in [-0.2, 0) is 0 Å². The summed E-state index contributed by atoms with van der Waals surface area (Å²) in [6, 6.07) is 0. The molecule has 0 saturated heterocycles. The van der Waals surface area contributed by atoms with Gasteiger partial charge in [0.25, 0.3) is 0 Å². The van der Waals surface area contributed by atoms with Crippen molar-refractivity contribution in [2.75, 3.05) is 0 Å². The fraction of sp³-hybridized carbons (Fsp3) is 0. The zero-order valence-corrected chi connectivity index (χ0v) is 4.57. The third-order valence-corrected chi connectivity index (χ3v) is 0.638. The maximum atomic E-state index is 2.18. The van der Waals surface area contributed by atoms with Crippen molar-refractivity contribution in [1.82, 2.24) is 0 Å². The molecule has 0 N–H and O–H groups in total. The normalized spacial score (nSPS) is 8.67. The Kier molecular flexibility index (Phi) is 5.00. The van der Waals surface area contributed by atoms with Crippen molar-refractivity contribution in [3.05, 3.63) is 12.0 Å². The Labute approximate surface area is 42.7 Å². The van der Waals surface area contributed by atoms with E-state index in [1.807, 2.05) is 0 Å². The number of hydrogen-bond donors (Lipinski definition) is 0. The molecular weight excluding hydrogens is 67.3 g/mol. The molecule has 0 rings (SSSR count). The van der Waals surface area contributed by atoms with Crippen molar-refractivity contribution in [2.45, 2.75) is 0 Å². The van der Waals surface area contributed by atoms with Crippen molar-refractivity contribution in [3.8, 4) is 0 Å². The van der Waals surface area contributed by atoms with Gasteiger partial charge in [0, 0.05) is 0 Å². The Morgan fingerprint density at radius 2 is 1.33 bits per heavy atom. The predicted molar refractivity (Wildman–Crippen MR) is 40.5 cm³/mol. The van der Waals surface area contributed by atoms with Gasteiger partial charge in [0.05, 0.1) is 15.5 Å². The maximum Gasteiger partial charge on any atom is 0.107 e. The summed E-state index contributed by atoms with van der Waals surface area (Å²) >= 11 is 0. The second kappa shape index (κ2) is 5.00. The highest BCUT2D eigenvalue weighted by molar-refractivity contribution is 6.96. The van der Waals surface area contributed by atoms with Crippen LogP contribution >= 0.6 is 0 Å². The lowest BCUT2D eigenvalue weighted by atomic mass is 9.50. The van der Waals surface area contributed by atoms with Gasteiger partial charge in [-0.2, -0.15) is 0 Å². The van der Waals surface area contributed by atoms with Crippen LogP contribution < -0.4 is 0 Å². The van der Waals surface area contributed by atoms with Crippen molar-refractivity contribution < 1.29 is 0 Å². The molecule has 0 aromatic rings. The molecule has 6 heavy (non-hydrogen) atoms. The molecular formula is C2H8B4. The topological polar surface area (TPSA) is 0 Å². The molecule has 0 unspecified atom stereocenters. The maximum absolute atomic E-state index is 2.18. The van der Waals surface area contributed by atoms with Crippen LogP contribution in [0.2, 0.25) is 0 Å². The summed E-state index contributed by atoms with van der Waals surface area (Å²) in [5.41, 5.74) is 0. The second-order valence-electron chi connectivity index (χ2n) is 1.29. The van der Waals surface area contributed by atoms with Crippen LogP contribution in [0.3, 0.4) is 0 Å². The van der Waals surface area contributed by atoms with Crippen molar-refractivity contribution >= 4 is 29.8 Å². The van der Waals surface area contributed by atoms with Gasteiger partial charge in [-0.3, -0.25) is 0 Å². The molecule has 28 valence electrons. The van der Waals surface area contributed by atoms with E-state index in [0.717, 1.165) is 0 Å². The molecule has 0 heterocycles. The molecule has 0 spiro atoms. The SMILES string of the molecule is BB/C=C/BB. The summed E-state index contributed by atoms with van der Waals surface area (Å²) in [7, 11) is 6.64. The van der Waals surface area contributed by atoms with Crippen LogP contribution in [0.25, 0.3) is 0 Å². The molecule has 0 atom stereocenters. The minimum absolute atomic E-state index is 1.17. The molecule has 0 amide bonds. The van der Waals surface area contributed by atoms with Gasteiger partial charge in [-0.1, -0.05) is 0 Å². The highest BCUT2D eigenvalue weighted by Crippen LogP contribution is 1.56. The fourth-order valence-electron chi connectivity index (χ4n) is 0.333. The van der Waals surface area contributed by atoms with Gasteiger partial charge in [-0.25, -0.2) is 0 Å². The fourth-order valence-corrected chi connectivity index (χ4v) is 0.333. The van der Waals surface area contributed by atoms with Crippen LogP contribution in [0, 0.1) is 0 Å². The van der Waals surface area contributed by atoms with Gasteiger partial charge < -0.3 is 0 Å². The van der Waals surface area contributed by atoms with E-state index < -0.39 is 0 Å². The van der Waals surface area contributed by atoms with Gasteiger partial charge in [-0.05, 0) is 0 Å². The Hall–Kier alpha value is -0.000260. The van der Waals surface area contributed by atoms with Crippen molar-refractivity contribution in [2.24, 2.45) is 0 Å². The van der Waals surface area contributed by atoms with Crippen molar-refractivity contribution in [1.29, 1.82) is 0 Å². The van der Waals surface area contributed by atoms with Crippen LogP contribution in [0.15, 0.2) is 12.0 Å². The minimum Gasteiger partial charge on any atom is -0.142 e. The summed E-state index contributed by atoms with van der Waals surface area (Å²) in [5.74, 6) is 4.36. The molecule has 0 nitrogen and oxygen atoms in total. The lowest BCUT2D eigenvalue weighted by molar-refractivity contribution is 2.47. The highest BCUT2D eigenvalue weighted by Gasteiger charge is 1.66. The summed E-state index contributed by atoms with van der Waals surface area (Å²) in [6.07, 6.45) is 0. The van der Waals surface area contributed by atoms with Crippen molar-refractivity contribution in [3.63, 3.8) is 0 Å². The van der Waals surface area contributed by atoms with E-state index in [-0.39, 0.29) is 0 Å². The van der Waals surface area contributed by atoms with Gasteiger partial charge in [-0.15, -0.1) is 12.0 Å². The number of rotatable bonds is 2. The van der Waals surface area contributed by atoms with Crippen LogP contribution in [-0.4, -0.2) is 29.8 Å². The third-order valence-electron chi connectivity index (χ3n) is 0.638. The van der Waals surface area contributed by atoms with E-state index in [9.17, 15) is 0 Å². The average molecular weight is 75.3 g/mol. The standard InChI is InChI=1S/C2H8B4/c3-5-1-2-6-4/h1-2,5-6H,3-4H2/b2-1+. The summed E-state index contributed by atoms with van der Waals surface area (Å²) in [5, 5.41) is 0. The molecule has 4 heteroatoms. The molecule has 0 aliphatic heterocycles. The summed E-state index contributed by atoms with van der Waals surface area (Å²) in [4.78, 5) is 0. The molecule has 0 aromatic carbocycles. The van der Waals surface area contributed by atoms with E-state index >= 15 is 0 Å². The average Bonchev–Trinajstić information content (AvgIpc) is 1.61. The lowest BCUT2D eigenvalue weighted by Crippen LogP contribution is -1.84. The summed E-state index contributed by atoms with van der Waals surface area (Å²) < 4.78 is 0. The Balaban J connectivity index is 2.73. The van der Waals surface area contributed by atoms with E-state index in [1.54, 1.807) is 0 Å². The molecule has 0 radical (unpaired) electrons. The largest absolute Gasteiger partial charge is 0.142 e. The van der Waals surface area contributed by atoms with E-state index in [4.69, 9.17) is 0 Å². The zero-order valence-electron chi connectivity index (χ0n) is 4.57. The third kappa shape index (κ3) is 4.00. The smallest absolute Gasteiger partial charge is 0.107 e. The predicted octanol–water partition coefficient (Wildman–Crippen LogP) is -2.57. The van der Waals surface area contributed by atoms with Gasteiger partial charge in [0.1, 0.15) is 14.3 Å². The molecule has 0 bridgehead atoms. The monoisotopic (exact) mass is 76.1 g/mol. The lowest BCUT2D eigenvalue weighted by Gasteiger charge is -1.67. The highest BCUT2D eigenvalue weighted by atomic mass is 13.2. The first-order valence-electron chi connectivity index (χ1n) is 2.56. The molecule has 0 saturated carbocycles. The van der Waals surface area contributed by atoms with E-state index in [0.29, 0.717) is 0 Å². The second-order valence-corrected chi connectivity index (χ2v) is 1.29. The van der Waals surface area contributed by atoms with Gasteiger partial charge in [0.15, 0.2) is 0 Å². The van der Waals surface area contributed by atoms with Gasteiger partial charge >= 0.3 is 0 Å². The molecule has 0 aromatic heterocycles. The van der Waals surface area contributed by atoms with Crippen LogP contribution in [0.4, 0.5) is 0 Å². The number of hydrogen-bond acceptors (Lipinski definition) is 0. The first-order valence-corrected chi connectivity index (χ1v) is 2.56. The Morgan fingerprint density at radius 1 is 1.00 bits per heavy atom. The van der Waals surface area contributed by atoms with E-state index in [2.05, 4.69) is 27.4 Å². The quantitative estimate of drug-likeness (QED) is 0.317. The molecule has 0 fully saturated rings. The molecule has 0 aliphatic rings. The zero-order chi connectivity index (χ0) is 4.83. The Bertz CT molecular complexity index is 34.8. The first kappa shape index (κ1) is 6.00. The first-order chi connectivity index (χ1) is 2.91. The van der Waals surface area contributed by atoms with Gasteiger partial charge in [0.2, 0.25) is 0 Å². The Morgan fingerprint density at radius 3 is 1.50 bits per heavy atom.